The summed E-state index contributed by atoms with van der Waals surface area (Å²) in [5, 5.41) is 1.69. The predicted octanol–water partition coefficient (Wildman–Crippen LogP) is 1.87. The zero-order valence-electron chi connectivity index (χ0n) is 10.8. The molecule has 1 aliphatic heterocycles. The molecule has 0 aliphatic carbocycles. The van der Waals surface area contributed by atoms with Crippen molar-refractivity contribution in [2.45, 2.75) is 31.7 Å². The van der Waals surface area contributed by atoms with Crippen molar-refractivity contribution in [2.75, 3.05) is 13.1 Å². The van der Waals surface area contributed by atoms with Gasteiger partial charge in [0.05, 0.1) is 4.90 Å². The van der Waals surface area contributed by atoms with Gasteiger partial charge in [0, 0.05) is 29.9 Å². The summed E-state index contributed by atoms with van der Waals surface area (Å²) in [6.45, 7) is 5.98. The van der Waals surface area contributed by atoms with Crippen molar-refractivity contribution >= 4 is 21.4 Å². The Morgan fingerprint density at radius 3 is 2.78 bits per heavy atom. The van der Waals surface area contributed by atoms with Crippen molar-refractivity contribution in [1.29, 1.82) is 0 Å². The maximum absolute atomic E-state index is 12.4. The van der Waals surface area contributed by atoms with Crippen molar-refractivity contribution in [3.8, 4) is 0 Å². The average Bonchev–Trinajstić information content (AvgIpc) is 2.98. The second kappa shape index (κ2) is 5.28. The van der Waals surface area contributed by atoms with E-state index < -0.39 is 10.0 Å². The summed E-state index contributed by atoms with van der Waals surface area (Å²) in [5.74, 6) is 1.01. The van der Waals surface area contributed by atoms with Crippen molar-refractivity contribution in [3.05, 3.63) is 16.3 Å². The van der Waals surface area contributed by atoms with E-state index in [9.17, 15) is 8.42 Å². The number of nitrogens with two attached hydrogens (primary N) is 1. The first-order valence-electron chi connectivity index (χ1n) is 6.22. The maximum atomic E-state index is 12.4. The van der Waals surface area contributed by atoms with E-state index in [2.05, 4.69) is 13.8 Å². The highest BCUT2D eigenvalue weighted by Gasteiger charge is 2.34. The number of rotatable bonds is 4. The van der Waals surface area contributed by atoms with Crippen molar-refractivity contribution < 1.29 is 8.42 Å². The van der Waals surface area contributed by atoms with E-state index in [1.165, 1.54) is 11.3 Å². The summed E-state index contributed by atoms with van der Waals surface area (Å²) < 4.78 is 26.5. The van der Waals surface area contributed by atoms with E-state index in [0.717, 1.165) is 11.3 Å². The van der Waals surface area contributed by atoms with Gasteiger partial charge in [-0.1, -0.05) is 13.8 Å². The summed E-state index contributed by atoms with van der Waals surface area (Å²) in [6, 6.07) is 1.70. The molecule has 0 saturated carbocycles. The van der Waals surface area contributed by atoms with E-state index in [-0.39, 0.29) is 0 Å². The highest BCUT2D eigenvalue weighted by molar-refractivity contribution is 7.89. The van der Waals surface area contributed by atoms with E-state index in [4.69, 9.17) is 5.73 Å². The van der Waals surface area contributed by atoms with Crippen LogP contribution in [0.3, 0.4) is 0 Å². The van der Waals surface area contributed by atoms with Crippen molar-refractivity contribution in [3.63, 3.8) is 0 Å². The van der Waals surface area contributed by atoms with Gasteiger partial charge >= 0.3 is 0 Å². The molecule has 2 rings (SSSR count). The van der Waals surface area contributed by atoms with E-state index in [1.54, 1.807) is 15.8 Å². The van der Waals surface area contributed by atoms with Gasteiger partial charge in [-0.15, -0.1) is 11.3 Å². The third-order valence-corrected chi connectivity index (χ3v) is 6.55. The second-order valence-corrected chi connectivity index (χ2v) is 8.04. The maximum Gasteiger partial charge on any atom is 0.243 e. The Kier molecular flexibility index (Phi) is 4.11. The topological polar surface area (TPSA) is 63.4 Å². The number of nitrogens with zero attached hydrogens (tertiary/aromatic N) is 1. The molecule has 1 aliphatic rings. The number of hydrogen-bond acceptors (Lipinski definition) is 4. The van der Waals surface area contributed by atoms with Gasteiger partial charge in [0.15, 0.2) is 0 Å². The fraction of sp³-hybridized carbons (Fsp3) is 0.667. The lowest BCUT2D eigenvalue weighted by atomic mass is 9.96. The SMILES string of the molecule is CC(C)C1CCN(S(=O)(=O)c2csc(CN)c2)C1. The molecule has 0 radical (unpaired) electrons. The predicted molar refractivity (Wildman–Crippen MR) is 73.9 cm³/mol. The quantitative estimate of drug-likeness (QED) is 0.920. The second-order valence-electron chi connectivity index (χ2n) is 5.11. The molecular formula is C12H20N2O2S2. The molecule has 2 N–H and O–H groups in total. The molecule has 0 spiro atoms. The Hall–Kier alpha value is -0.430. The normalized spacial score (nSPS) is 21.9. The van der Waals surface area contributed by atoms with Gasteiger partial charge in [-0.2, -0.15) is 4.31 Å². The Labute approximate surface area is 113 Å². The van der Waals surface area contributed by atoms with Gasteiger partial charge in [0.2, 0.25) is 10.0 Å². The summed E-state index contributed by atoms with van der Waals surface area (Å²) in [4.78, 5) is 1.31. The molecule has 6 heteroatoms. The standard InChI is InChI=1S/C12H20N2O2S2/c1-9(2)10-3-4-14(7-10)18(15,16)12-5-11(6-13)17-8-12/h5,8-10H,3-4,6-7,13H2,1-2H3. The number of sulfonamides is 1. The van der Waals surface area contributed by atoms with Crippen LogP contribution in [0, 0.1) is 11.8 Å². The molecule has 1 fully saturated rings. The van der Waals surface area contributed by atoms with Crippen LogP contribution in [0.4, 0.5) is 0 Å². The zero-order chi connectivity index (χ0) is 13.3. The highest BCUT2D eigenvalue weighted by Crippen LogP contribution is 2.30. The van der Waals surface area contributed by atoms with E-state index >= 15 is 0 Å². The monoisotopic (exact) mass is 288 g/mol. The first-order valence-corrected chi connectivity index (χ1v) is 8.54. The third kappa shape index (κ3) is 2.61. The summed E-state index contributed by atoms with van der Waals surface area (Å²) in [5.41, 5.74) is 5.52. The Morgan fingerprint density at radius 1 is 1.56 bits per heavy atom. The lowest BCUT2D eigenvalue weighted by Gasteiger charge is -2.17. The molecule has 1 aromatic rings. The summed E-state index contributed by atoms with van der Waals surface area (Å²) >= 11 is 1.41. The van der Waals surface area contributed by atoms with E-state index in [1.807, 2.05) is 0 Å². The van der Waals surface area contributed by atoms with E-state index in [0.29, 0.717) is 36.4 Å². The average molecular weight is 288 g/mol. The van der Waals surface area contributed by atoms with Crippen molar-refractivity contribution in [1.82, 2.24) is 4.31 Å². The Bertz CT molecular complexity index is 508. The Balaban J connectivity index is 2.17. The van der Waals surface area contributed by atoms with Gasteiger partial charge < -0.3 is 5.73 Å². The lowest BCUT2D eigenvalue weighted by Crippen LogP contribution is -2.29. The fourth-order valence-electron chi connectivity index (χ4n) is 2.27. The van der Waals surface area contributed by atoms with Crippen LogP contribution in [-0.2, 0) is 16.6 Å². The van der Waals surface area contributed by atoms with Gasteiger partial charge in [0.25, 0.3) is 0 Å². The van der Waals surface area contributed by atoms with Crippen LogP contribution in [0.2, 0.25) is 0 Å². The fourth-order valence-corrected chi connectivity index (χ4v) is 4.92. The molecule has 0 bridgehead atoms. The van der Waals surface area contributed by atoms with Crippen LogP contribution < -0.4 is 5.73 Å². The molecule has 1 aromatic heterocycles. The van der Waals surface area contributed by atoms with Crippen LogP contribution in [0.1, 0.15) is 25.1 Å². The lowest BCUT2D eigenvalue weighted by molar-refractivity contribution is 0.388. The van der Waals surface area contributed by atoms with Crippen LogP contribution >= 0.6 is 11.3 Å². The largest absolute Gasteiger partial charge is 0.326 e. The van der Waals surface area contributed by atoms with Crippen molar-refractivity contribution in [2.24, 2.45) is 17.6 Å². The van der Waals surface area contributed by atoms with Gasteiger partial charge in [0.1, 0.15) is 0 Å². The van der Waals surface area contributed by atoms with Gasteiger partial charge in [-0.3, -0.25) is 0 Å². The number of hydrogen-bond donors (Lipinski definition) is 1. The first kappa shape index (κ1) is 14.0. The molecule has 0 aromatic carbocycles. The highest BCUT2D eigenvalue weighted by atomic mass is 32.2. The molecule has 1 atom stereocenters. The molecule has 18 heavy (non-hydrogen) atoms. The molecular weight excluding hydrogens is 268 g/mol. The molecule has 102 valence electrons. The number of thiophene rings is 1. The summed E-state index contributed by atoms with van der Waals surface area (Å²) in [7, 11) is -3.31. The van der Waals surface area contributed by atoms with Crippen LogP contribution in [0.15, 0.2) is 16.3 Å². The smallest absolute Gasteiger partial charge is 0.243 e. The molecule has 0 amide bonds. The minimum absolute atomic E-state index is 0.398. The van der Waals surface area contributed by atoms with Gasteiger partial charge in [-0.05, 0) is 24.3 Å². The third-order valence-electron chi connectivity index (χ3n) is 3.60. The van der Waals surface area contributed by atoms with Crippen LogP contribution in [0.5, 0.6) is 0 Å². The zero-order valence-corrected chi connectivity index (χ0v) is 12.4. The van der Waals surface area contributed by atoms with Crippen LogP contribution in [0.25, 0.3) is 0 Å². The van der Waals surface area contributed by atoms with Crippen LogP contribution in [-0.4, -0.2) is 25.8 Å². The molecule has 1 saturated heterocycles. The molecule has 4 nitrogen and oxygen atoms in total. The minimum atomic E-state index is -3.31. The molecule has 1 unspecified atom stereocenters. The van der Waals surface area contributed by atoms with Gasteiger partial charge in [-0.25, -0.2) is 8.42 Å². The molecule has 2 heterocycles. The first-order chi connectivity index (χ1) is 8.45. The Morgan fingerprint density at radius 2 is 2.28 bits per heavy atom. The summed E-state index contributed by atoms with van der Waals surface area (Å²) in [6.07, 6.45) is 0.963. The minimum Gasteiger partial charge on any atom is -0.326 e.